The van der Waals surface area contributed by atoms with Gasteiger partial charge in [0, 0.05) is 0 Å². The Morgan fingerprint density at radius 1 is 0.964 bits per heavy atom. The molecular formula is C14H15N2NaO9S2. The van der Waals surface area contributed by atoms with E-state index < -0.39 is 41.7 Å². The maximum atomic E-state index is 10.7. The summed E-state index contributed by atoms with van der Waals surface area (Å²) in [6, 6.07) is 6.50. The number of hydrogen-bond donors (Lipinski definition) is 4. The Kier molecular flexibility index (Phi) is 9.39. The second-order valence-corrected chi connectivity index (χ2v) is 7.71. The fourth-order valence-corrected chi connectivity index (χ4v) is 2.90. The summed E-state index contributed by atoms with van der Waals surface area (Å²) in [5.41, 5.74) is 10.5. The van der Waals surface area contributed by atoms with Gasteiger partial charge in [-0.05, 0) is 42.0 Å². The molecule has 0 aliphatic carbocycles. The second kappa shape index (κ2) is 10.1. The molecule has 0 atom stereocenters. The number of carboxylic acid groups (broad SMARTS) is 1. The minimum absolute atomic E-state index is 0. The first-order valence-corrected chi connectivity index (χ1v) is 9.64. The van der Waals surface area contributed by atoms with Gasteiger partial charge in [0.2, 0.25) is 0 Å². The summed E-state index contributed by atoms with van der Waals surface area (Å²) in [6.07, 6.45) is 0. The van der Waals surface area contributed by atoms with Crippen molar-refractivity contribution in [2.45, 2.75) is 9.79 Å². The van der Waals surface area contributed by atoms with Crippen molar-refractivity contribution in [3.05, 3.63) is 42.0 Å². The molecule has 0 aliphatic rings. The summed E-state index contributed by atoms with van der Waals surface area (Å²) in [5.74, 6) is -0.788. The molecular weight excluding hydrogens is 427 g/mol. The van der Waals surface area contributed by atoms with Gasteiger partial charge in [-0.1, -0.05) is 0 Å². The van der Waals surface area contributed by atoms with Crippen LogP contribution in [0, 0.1) is 0 Å². The van der Waals surface area contributed by atoms with Crippen LogP contribution in [0.25, 0.3) is 0 Å². The van der Waals surface area contributed by atoms with Crippen LogP contribution in [-0.2, 0) is 20.2 Å². The molecule has 6 N–H and O–H groups in total. The molecule has 2 rings (SSSR count). The van der Waals surface area contributed by atoms with Crippen LogP contribution in [-0.4, -0.2) is 39.0 Å². The standard InChI is InChI=1S/C8H9NO3.C6H7NO6S2.Na/c1-12-7-3-2-5(8(10)11)4-6(7)9;7-5-3-4(14(8,9)10)1-2-6(5)15(11,12)13;/h2-4H,9H2,1H3,(H,10,11);1-3H,7H2,(H,8,9,10)(H,11,12,13);/q;;+1/p-1. The molecule has 0 bridgehead atoms. The number of rotatable bonds is 4. The molecule has 0 spiro atoms. The summed E-state index contributed by atoms with van der Waals surface area (Å²) in [4.78, 5) is 9.18. The Bertz CT molecular complexity index is 1070. The number of carbonyl (C=O) groups excluding carboxylic acids is 1. The Labute approximate surface area is 183 Å². The number of aromatic carboxylic acids is 1. The summed E-state index contributed by atoms with van der Waals surface area (Å²) < 4.78 is 64.7. The van der Waals surface area contributed by atoms with E-state index in [9.17, 15) is 26.7 Å². The molecule has 0 amide bonds. The van der Waals surface area contributed by atoms with Gasteiger partial charge in [0.15, 0.2) is 0 Å². The number of methoxy groups -OCH3 is 1. The number of carbonyl (C=O) groups is 1. The van der Waals surface area contributed by atoms with E-state index in [0.717, 1.165) is 18.2 Å². The third-order valence-corrected chi connectivity index (χ3v) is 4.80. The molecule has 0 unspecified atom stereocenters. The zero-order valence-electron chi connectivity index (χ0n) is 14.7. The normalized spacial score (nSPS) is 10.8. The fraction of sp³-hybridized carbons (Fsp3) is 0.0714. The van der Waals surface area contributed by atoms with Crippen LogP contribution < -0.4 is 50.9 Å². The summed E-state index contributed by atoms with van der Waals surface area (Å²) in [7, 11) is -7.48. The summed E-state index contributed by atoms with van der Waals surface area (Å²) in [6.45, 7) is 0. The Hall–Kier alpha value is -1.87. The zero-order valence-corrected chi connectivity index (χ0v) is 18.3. The largest absolute Gasteiger partial charge is 1.00 e. The minimum atomic E-state index is -4.50. The second-order valence-electron chi connectivity index (χ2n) is 4.89. The van der Waals surface area contributed by atoms with Crippen LogP contribution >= 0.6 is 0 Å². The maximum absolute atomic E-state index is 10.7. The first-order valence-electron chi connectivity index (χ1n) is 6.76. The molecule has 0 fully saturated rings. The van der Waals surface area contributed by atoms with Gasteiger partial charge in [0.25, 0.3) is 20.2 Å². The Morgan fingerprint density at radius 3 is 1.89 bits per heavy atom. The van der Waals surface area contributed by atoms with E-state index >= 15 is 0 Å². The third kappa shape index (κ3) is 7.27. The van der Waals surface area contributed by atoms with Crippen LogP contribution in [0.2, 0.25) is 0 Å². The van der Waals surface area contributed by atoms with Crippen LogP contribution in [0.1, 0.15) is 10.4 Å². The summed E-state index contributed by atoms with van der Waals surface area (Å²) >= 11 is 0. The number of nitrogens with two attached hydrogens (primary N) is 2. The Morgan fingerprint density at radius 2 is 1.54 bits per heavy atom. The molecule has 0 saturated heterocycles. The van der Waals surface area contributed by atoms with E-state index in [1.165, 1.54) is 25.3 Å². The average Bonchev–Trinajstić information content (AvgIpc) is 2.53. The SMILES string of the molecule is COc1ccc(C(=O)[O-])cc1N.Nc1cc(S(=O)(=O)O)ccc1S(=O)(=O)O.[Na+]. The first-order chi connectivity index (χ1) is 12.3. The van der Waals surface area contributed by atoms with Crippen LogP contribution in [0.4, 0.5) is 11.4 Å². The van der Waals surface area contributed by atoms with Crippen LogP contribution in [0.15, 0.2) is 46.2 Å². The zero-order chi connectivity index (χ0) is 21.0. The number of benzene rings is 2. The van der Waals surface area contributed by atoms with Crippen molar-refractivity contribution in [2.75, 3.05) is 18.6 Å². The molecule has 2 aromatic rings. The van der Waals surface area contributed by atoms with Gasteiger partial charge in [0.05, 0.1) is 29.3 Å². The first kappa shape index (κ1) is 26.1. The van der Waals surface area contributed by atoms with Crippen molar-refractivity contribution in [1.82, 2.24) is 0 Å². The van der Waals surface area contributed by atoms with Crippen molar-refractivity contribution in [2.24, 2.45) is 0 Å². The Balaban J connectivity index is 0.000000514. The van der Waals surface area contributed by atoms with Gasteiger partial charge in [-0.3, -0.25) is 9.11 Å². The molecule has 0 aliphatic heterocycles. The molecule has 0 heterocycles. The quantitative estimate of drug-likeness (QED) is 0.206. The van der Waals surface area contributed by atoms with Crippen molar-refractivity contribution in [3.63, 3.8) is 0 Å². The van der Waals surface area contributed by atoms with E-state index in [4.69, 9.17) is 25.3 Å². The van der Waals surface area contributed by atoms with Crippen LogP contribution in [0.3, 0.4) is 0 Å². The van der Waals surface area contributed by atoms with Crippen molar-refractivity contribution in [3.8, 4) is 5.75 Å². The molecule has 0 radical (unpaired) electrons. The molecule has 0 aromatic heterocycles. The van der Waals surface area contributed by atoms with E-state index in [2.05, 4.69) is 0 Å². The van der Waals surface area contributed by atoms with Crippen molar-refractivity contribution >= 4 is 37.6 Å². The van der Waals surface area contributed by atoms with Crippen LogP contribution in [0.5, 0.6) is 5.75 Å². The molecule has 0 saturated carbocycles. The topological polar surface area (TPSA) is 210 Å². The number of nitrogen functional groups attached to an aromatic ring is 2. The number of anilines is 2. The monoisotopic (exact) mass is 442 g/mol. The molecule has 28 heavy (non-hydrogen) atoms. The van der Waals surface area contributed by atoms with Crippen molar-refractivity contribution in [1.29, 1.82) is 0 Å². The summed E-state index contributed by atoms with van der Waals surface area (Å²) in [5, 5.41) is 10.3. The maximum Gasteiger partial charge on any atom is 1.00 e. The number of hydrogen-bond acceptors (Lipinski definition) is 9. The van der Waals surface area contributed by atoms with E-state index in [-0.39, 0.29) is 35.1 Å². The van der Waals surface area contributed by atoms with E-state index in [1.807, 2.05) is 0 Å². The van der Waals surface area contributed by atoms with Gasteiger partial charge in [-0.15, -0.1) is 0 Å². The number of ether oxygens (including phenoxy) is 1. The molecule has 148 valence electrons. The van der Waals surface area contributed by atoms with Gasteiger partial charge in [-0.2, -0.15) is 16.8 Å². The smallest absolute Gasteiger partial charge is 0.545 e. The van der Waals surface area contributed by atoms with E-state index in [1.54, 1.807) is 0 Å². The number of carboxylic acids is 1. The molecule has 2 aromatic carbocycles. The average molecular weight is 442 g/mol. The van der Waals surface area contributed by atoms with Gasteiger partial charge in [0.1, 0.15) is 10.6 Å². The predicted octanol–water partition coefficient (Wildman–Crippen LogP) is -3.59. The molecule has 11 nitrogen and oxygen atoms in total. The van der Waals surface area contributed by atoms with Gasteiger partial charge in [-0.25, -0.2) is 0 Å². The van der Waals surface area contributed by atoms with Crippen molar-refractivity contribution < 1.29 is 70.1 Å². The fourth-order valence-electron chi connectivity index (χ4n) is 1.78. The van der Waals surface area contributed by atoms with Gasteiger partial charge < -0.3 is 26.1 Å². The third-order valence-electron chi connectivity index (χ3n) is 3.02. The van der Waals surface area contributed by atoms with Gasteiger partial charge >= 0.3 is 29.6 Å². The predicted molar refractivity (Wildman–Crippen MR) is 92.2 cm³/mol. The van der Waals surface area contributed by atoms with E-state index in [0.29, 0.717) is 11.4 Å². The molecule has 14 heteroatoms. The minimum Gasteiger partial charge on any atom is -0.545 e.